The van der Waals surface area contributed by atoms with E-state index in [2.05, 4.69) is 10.3 Å². The fraction of sp³-hybridized carbons (Fsp3) is 0.625. The van der Waals surface area contributed by atoms with Crippen LogP contribution in [-0.2, 0) is 14.8 Å². The van der Waals surface area contributed by atoms with Crippen LogP contribution < -0.4 is 5.32 Å². The van der Waals surface area contributed by atoms with Gasteiger partial charge in [-0.25, -0.2) is 12.7 Å². The zero-order valence-corrected chi connectivity index (χ0v) is 13.8. The van der Waals surface area contributed by atoms with Gasteiger partial charge in [-0.2, -0.15) is 0 Å². The molecule has 1 aromatic rings. The molecule has 1 amide bonds. The molecular formula is C16H21N3O3S. The number of amides is 1. The Kier molecular flexibility index (Phi) is 3.46. The van der Waals surface area contributed by atoms with Crippen molar-refractivity contribution < 1.29 is 13.2 Å². The third kappa shape index (κ3) is 2.55. The molecule has 7 heteroatoms. The third-order valence-corrected chi connectivity index (χ3v) is 7.87. The maximum Gasteiger partial charge on any atom is 0.221 e. The monoisotopic (exact) mass is 335 g/mol. The summed E-state index contributed by atoms with van der Waals surface area (Å²) in [6.45, 7) is 1.00. The second-order valence-corrected chi connectivity index (χ2v) is 9.10. The van der Waals surface area contributed by atoms with E-state index in [4.69, 9.17) is 0 Å². The molecule has 124 valence electrons. The van der Waals surface area contributed by atoms with Crippen molar-refractivity contribution in [2.24, 2.45) is 0 Å². The summed E-state index contributed by atoms with van der Waals surface area (Å²) in [6, 6.07) is 3.92. The molecule has 1 atom stereocenters. The SMILES string of the molecule is O=C1CC(c2ccncc2)C2(CCN(S(=O)(=O)C3CC3)CC2)N1. The van der Waals surface area contributed by atoms with Crippen molar-refractivity contribution >= 4 is 15.9 Å². The Bertz CT molecular complexity index is 707. The molecule has 0 bridgehead atoms. The van der Waals surface area contributed by atoms with E-state index in [1.54, 1.807) is 16.7 Å². The highest BCUT2D eigenvalue weighted by Gasteiger charge is 2.51. The molecule has 3 fully saturated rings. The van der Waals surface area contributed by atoms with Crippen LogP contribution in [0.15, 0.2) is 24.5 Å². The average molecular weight is 335 g/mol. The van der Waals surface area contributed by atoms with Gasteiger partial charge in [0.25, 0.3) is 0 Å². The van der Waals surface area contributed by atoms with Gasteiger partial charge in [-0.1, -0.05) is 0 Å². The topological polar surface area (TPSA) is 79.4 Å². The van der Waals surface area contributed by atoms with Gasteiger partial charge in [0.2, 0.25) is 15.9 Å². The predicted octanol–water partition coefficient (Wildman–Crippen LogP) is 1.01. The minimum Gasteiger partial charge on any atom is -0.350 e. The van der Waals surface area contributed by atoms with Gasteiger partial charge in [-0.3, -0.25) is 9.78 Å². The second kappa shape index (κ2) is 5.27. The van der Waals surface area contributed by atoms with Gasteiger partial charge in [0, 0.05) is 43.4 Å². The van der Waals surface area contributed by atoms with Gasteiger partial charge in [-0.05, 0) is 43.4 Å². The number of hydrogen-bond donors (Lipinski definition) is 1. The van der Waals surface area contributed by atoms with E-state index in [9.17, 15) is 13.2 Å². The molecule has 1 N–H and O–H groups in total. The Labute approximate surface area is 136 Å². The maximum absolute atomic E-state index is 12.4. The van der Waals surface area contributed by atoms with Crippen LogP contribution in [0.2, 0.25) is 0 Å². The zero-order chi connectivity index (χ0) is 16.1. The molecule has 23 heavy (non-hydrogen) atoms. The maximum atomic E-state index is 12.4. The number of carbonyl (C=O) groups excluding carboxylic acids is 1. The van der Waals surface area contributed by atoms with Crippen LogP contribution in [0.25, 0.3) is 0 Å². The molecule has 3 aliphatic rings. The van der Waals surface area contributed by atoms with Crippen molar-refractivity contribution in [2.75, 3.05) is 13.1 Å². The van der Waals surface area contributed by atoms with Crippen LogP contribution in [0.4, 0.5) is 0 Å². The number of nitrogens with one attached hydrogen (secondary N) is 1. The van der Waals surface area contributed by atoms with Crippen LogP contribution in [0.1, 0.15) is 43.6 Å². The lowest BCUT2D eigenvalue weighted by molar-refractivity contribution is -0.120. The standard InChI is InChI=1S/C16H21N3O3S/c20-15-11-14(12-3-7-17-8-4-12)16(18-15)5-9-19(10-6-16)23(21,22)13-1-2-13/h3-4,7-8,13-14H,1-2,5-6,9-11H2,(H,18,20). The number of piperidine rings is 1. The first-order chi connectivity index (χ1) is 11.0. The first-order valence-electron chi connectivity index (χ1n) is 8.21. The van der Waals surface area contributed by atoms with E-state index in [-0.39, 0.29) is 22.6 Å². The average Bonchev–Trinajstić information content (AvgIpc) is 3.35. The lowest BCUT2D eigenvalue weighted by atomic mass is 9.75. The van der Waals surface area contributed by atoms with Gasteiger partial charge >= 0.3 is 0 Å². The second-order valence-electron chi connectivity index (χ2n) is 6.88. The van der Waals surface area contributed by atoms with Crippen LogP contribution in [0.3, 0.4) is 0 Å². The number of nitrogens with zero attached hydrogens (tertiary/aromatic N) is 2. The molecule has 1 saturated carbocycles. The Balaban J connectivity index is 1.55. The summed E-state index contributed by atoms with van der Waals surface area (Å²) in [4.78, 5) is 16.1. The van der Waals surface area contributed by atoms with Crippen molar-refractivity contribution in [3.63, 3.8) is 0 Å². The summed E-state index contributed by atoms with van der Waals surface area (Å²) in [5.41, 5.74) is 0.797. The molecule has 2 saturated heterocycles. The highest BCUT2D eigenvalue weighted by Crippen LogP contribution is 2.44. The third-order valence-electron chi connectivity index (χ3n) is 5.47. The number of rotatable bonds is 3. The largest absolute Gasteiger partial charge is 0.350 e. The summed E-state index contributed by atoms with van der Waals surface area (Å²) in [7, 11) is -3.12. The summed E-state index contributed by atoms with van der Waals surface area (Å²) >= 11 is 0. The summed E-state index contributed by atoms with van der Waals surface area (Å²) in [5.74, 6) is 0.161. The van der Waals surface area contributed by atoms with Crippen LogP contribution in [-0.4, -0.2) is 47.5 Å². The van der Waals surface area contributed by atoms with Crippen LogP contribution >= 0.6 is 0 Å². The predicted molar refractivity (Wildman–Crippen MR) is 85.2 cm³/mol. The van der Waals surface area contributed by atoms with E-state index in [1.165, 1.54) is 0 Å². The first-order valence-corrected chi connectivity index (χ1v) is 9.71. The quantitative estimate of drug-likeness (QED) is 0.894. The van der Waals surface area contributed by atoms with Crippen molar-refractivity contribution in [3.8, 4) is 0 Å². The first kappa shape index (κ1) is 15.1. The minimum absolute atomic E-state index is 0.0605. The number of sulfonamides is 1. The minimum atomic E-state index is -3.12. The normalized spacial score (nSPS) is 28.0. The molecule has 1 unspecified atom stereocenters. The van der Waals surface area contributed by atoms with Gasteiger partial charge in [0.1, 0.15) is 0 Å². The van der Waals surface area contributed by atoms with Crippen molar-refractivity contribution in [1.29, 1.82) is 0 Å². The number of pyridine rings is 1. The molecule has 1 aromatic heterocycles. The smallest absolute Gasteiger partial charge is 0.221 e. The van der Waals surface area contributed by atoms with Gasteiger partial charge in [-0.15, -0.1) is 0 Å². The molecule has 0 radical (unpaired) electrons. The van der Waals surface area contributed by atoms with Gasteiger partial charge < -0.3 is 5.32 Å². The number of hydrogen-bond acceptors (Lipinski definition) is 4. The fourth-order valence-corrected chi connectivity index (χ4v) is 5.86. The molecule has 2 aliphatic heterocycles. The highest BCUT2D eigenvalue weighted by molar-refractivity contribution is 7.90. The van der Waals surface area contributed by atoms with Gasteiger partial charge in [0.05, 0.1) is 5.25 Å². The molecule has 3 heterocycles. The number of carbonyl (C=O) groups is 1. The molecule has 4 rings (SSSR count). The Morgan fingerprint density at radius 3 is 2.43 bits per heavy atom. The molecule has 0 aromatic carbocycles. The summed E-state index contributed by atoms with van der Waals surface area (Å²) in [6.07, 6.45) is 6.91. The molecule has 6 nitrogen and oxygen atoms in total. The summed E-state index contributed by atoms with van der Waals surface area (Å²) < 4.78 is 26.4. The zero-order valence-electron chi connectivity index (χ0n) is 12.9. The van der Waals surface area contributed by atoms with E-state index < -0.39 is 10.0 Å². The van der Waals surface area contributed by atoms with Crippen LogP contribution in [0.5, 0.6) is 0 Å². The Morgan fingerprint density at radius 2 is 1.83 bits per heavy atom. The molecular weight excluding hydrogens is 314 g/mol. The van der Waals surface area contributed by atoms with Crippen molar-refractivity contribution in [2.45, 2.75) is 48.8 Å². The van der Waals surface area contributed by atoms with Crippen molar-refractivity contribution in [1.82, 2.24) is 14.6 Å². The lowest BCUT2D eigenvalue weighted by Gasteiger charge is -2.42. The lowest BCUT2D eigenvalue weighted by Crippen LogP contribution is -2.54. The van der Waals surface area contributed by atoms with E-state index in [0.717, 1.165) is 18.4 Å². The molecule has 1 spiro atoms. The van der Waals surface area contributed by atoms with Gasteiger partial charge in [0.15, 0.2) is 0 Å². The van der Waals surface area contributed by atoms with Crippen molar-refractivity contribution in [3.05, 3.63) is 30.1 Å². The van der Waals surface area contributed by atoms with E-state index in [1.807, 2.05) is 12.1 Å². The summed E-state index contributed by atoms with van der Waals surface area (Å²) in [5, 5.41) is 2.99. The Hall–Kier alpha value is -1.47. The van der Waals surface area contributed by atoms with E-state index >= 15 is 0 Å². The van der Waals surface area contributed by atoms with E-state index in [0.29, 0.717) is 32.4 Å². The Morgan fingerprint density at radius 1 is 1.17 bits per heavy atom. The highest BCUT2D eigenvalue weighted by atomic mass is 32.2. The fourth-order valence-electron chi connectivity index (χ4n) is 4.02. The van der Waals surface area contributed by atoms with Crippen LogP contribution in [0, 0.1) is 0 Å². The number of aromatic nitrogens is 1. The molecule has 1 aliphatic carbocycles.